The molecule has 2 rings (SSSR count). The molecule has 0 aliphatic heterocycles. The Morgan fingerprint density at radius 3 is 2.38 bits per heavy atom. The van der Waals surface area contributed by atoms with Crippen LogP contribution >= 0.6 is 11.6 Å². The highest BCUT2D eigenvalue weighted by atomic mass is 35.5. The zero-order valence-electron chi connectivity index (χ0n) is 8.28. The fourth-order valence-corrected chi connectivity index (χ4v) is 1.71. The second-order valence-corrected chi connectivity index (χ2v) is 3.67. The van der Waals surface area contributed by atoms with Gasteiger partial charge in [0.1, 0.15) is 5.82 Å². The van der Waals surface area contributed by atoms with Crippen LogP contribution in [0.25, 0.3) is 11.1 Å². The summed E-state index contributed by atoms with van der Waals surface area (Å²) < 4.78 is 13.1. The normalized spacial score (nSPS) is 10.1. The first-order chi connectivity index (χ1) is 7.68. The number of benzene rings is 2. The molecule has 0 fully saturated rings. The molecule has 0 N–H and O–H groups in total. The first-order valence-electron chi connectivity index (χ1n) is 4.73. The van der Waals surface area contributed by atoms with Crippen molar-refractivity contribution in [1.29, 1.82) is 0 Å². The van der Waals surface area contributed by atoms with Crippen LogP contribution in [0, 0.1) is 5.82 Å². The van der Waals surface area contributed by atoms with Gasteiger partial charge in [0, 0.05) is 5.56 Å². The highest BCUT2D eigenvalue weighted by molar-refractivity contribution is 6.68. The molecule has 0 saturated carbocycles. The molecule has 80 valence electrons. The summed E-state index contributed by atoms with van der Waals surface area (Å²) in [5, 5.41) is -0.584. The molecule has 0 bridgehead atoms. The van der Waals surface area contributed by atoms with Crippen LogP contribution in [0.15, 0.2) is 48.5 Å². The average molecular weight is 235 g/mol. The van der Waals surface area contributed by atoms with Gasteiger partial charge in [-0.1, -0.05) is 30.3 Å². The Bertz CT molecular complexity index is 523. The van der Waals surface area contributed by atoms with E-state index < -0.39 is 5.24 Å². The van der Waals surface area contributed by atoms with Gasteiger partial charge in [0.05, 0.1) is 0 Å². The van der Waals surface area contributed by atoms with E-state index in [4.69, 9.17) is 11.6 Å². The second-order valence-electron chi connectivity index (χ2n) is 3.33. The van der Waals surface area contributed by atoms with Crippen molar-refractivity contribution in [2.75, 3.05) is 0 Å². The van der Waals surface area contributed by atoms with Crippen LogP contribution in [0.1, 0.15) is 10.4 Å². The minimum absolute atomic E-state index is 0.314. The third kappa shape index (κ3) is 2.12. The van der Waals surface area contributed by atoms with Gasteiger partial charge in [0.2, 0.25) is 0 Å². The van der Waals surface area contributed by atoms with E-state index in [-0.39, 0.29) is 5.82 Å². The number of carbonyl (C=O) groups excluding carboxylic acids is 1. The lowest BCUT2D eigenvalue weighted by atomic mass is 10.0. The molecule has 0 amide bonds. The van der Waals surface area contributed by atoms with E-state index in [1.54, 1.807) is 12.1 Å². The van der Waals surface area contributed by atoms with E-state index in [9.17, 15) is 9.18 Å². The molecule has 0 spiro atoms. The summed E-state index contributed by atoms with van der Waals surface area (Å²) in [7, 11) is 0. The molecule has 2 aromatic rings. The van der Waals surface area contributed by atoms with Gasteiger partial charge in [-0.05, 0) is 40.9 Å². The lowest BCUT2D eigenvalue weighted by Crippen LogP contribution is -1.94. The summed E-state index contributed by atoms with van der Waals surface area (Å²) >= 11 is 5.45. The van der Waals surface area contributed by atoms with Crippen LogP contribution < -0.4 is 0 Å². The largest absolute Gasteiger partial charge is 0.276 e. The van der Waals surface area contributed by atoms with Crippen LogP contribution in [0.2, 0.25) is 0 Å². The number of rotatable bonds is 2. The zero-order valence-corrected chi connectivity index (χ0v) is 9.04. The molecular formula is C13H8ClFO. The Morgan fingerprint density at radius 1 is 1.06 bits per heavy atom. The van der Waals surface area contributed by atoms with E-state index >= 15 is 0 Å². The Kier molecular flexibility index (Phi) is 3.02. The van der Waals surface area contributed by atoms with Crippen LogP contribution in [0.4, 0.5) is 4.39 Å². The summed E-state index contributed by atoms with van der Waals surface area (Å²) in [6.07, 6.45) is 0. The highest BCUT2D eigenvalue weighted by Gasteiger charge is 2.11. The smallest absolute Gasteiger partial charge is 0.253 e. The Balaban J connectivity index is 2.63. The molecule has 0 unspecified atom stereocenters. The summed E-state index contributed by atoms with van der Waals surface area (Å²) in [4.78, 5) is 11.2. The number of hydrogen-bond donors (Lipinski definition) is 0. The van der Waals surface area contributed by atoms with E-state index in [0.717, 1.165) is 5.56 Å². The summed E-state index contributed by atoms with van der Waals surface area (Å²) in [6.45, 7) is 0. The Morgan fingerprint density at radius 2 is 1.75 bits per heavy atom. The summed E-state index contributed by atoms with van der Waals surface area (Å²) in [5.41, 5.74) is 1.60. The molecule has 0 radical (unpaired) electrons. The topological polar surface area (TPSA) is 17.1 Å². The first kappa shape index (κ1) is 10.8. The van der Waals surface area contributed by atoms with Gasteiger partial charge < -0.3 is 0 Å². The van der Waals surface area contributed by atoms with Gasteiger partial charge in [-0.25, -0.2) is 4.39 Å². The van der Waals surface area contributed by atoms with E-state index in [1.165, 1.54) is 18.2 Å². The van der Waals surface area contributed by atoms with Gasteiger partial charge in [-0.15, -0.1) is 0 Å². The van der Waals surface area contributed by atoms with Crippen molar-refractivity contribution in [2.24, 2.45) is 0 Å². The summed E-state index contributed by atoms with van der Waals surface area (Å²) in [6, 6.07) is 13.0. The van der Waals surface area contributed by atoms with Crippen molar-refractivity contribution in [3.8, 4) is 11.1 Å². The quantitative estimate of drug-likeness (QED) is 0.721. The SMILES string of the molecule is O=C(Cl)c1ccc(F)cc1-c1ccccc1. The molecule has 0 heterocycles. The number of carbonyl (C=O) groups is 1. The fourth-order valence-electron chi connectivity index (χ4n) is 1.54. The van der Waals surface area contributed by atoms with Crippen molar-refractivity contribution in [3.05, 3.63) is 59.9 Å². The zero-order chi connectivity index (χ0) is 11.5. The highest BCUT2D eigenvalue weighted by Crippen LogP contribution is 2.25. The monoisotopic (exact) mass is 234 g/mol. The predicted molar refractivity (Wildman–Crippen MR) is 62.0 cm³/mol. The minimum Gasteiger partial charge on any atom is -0.276 e. The van der Waals surface area contributed by atoms with Gasteiger partial charge in [-0.2, -0.15) is 0 Å². The first-order valence-corrected chi connectivity index (χ1v) is 5.11. The van der Waals surface area contributed by atoms with Crippen molar-refractivity contribution < 1.29 is 9.18 Å². The molecule has 0 atom stereocenters. The number of halogens is 2. The van der Waals surface area contributed by atoms with Gasteiger partial charge in [0.15, 0.2) is 0 Å². The van der Waals surface area contributed by atoms with Gasteiger partial charge >= 0.3 is 0 Å². The minimum atomic E-state index is -0.584. The fraction of sp³-hybridized carbons (Fsp3) is 0. The van der Waals surface area contributed by atoms with E-state index in [1.807, 2.05) is 18.2 Å². The maximum atomic E-state index is 13.1. The molecular weight excluding hydrogens is 227 g/mol. The molecule has 16 heavy (non-hydrogen) atoms. The predicted octanol–water partition coefficient (Wildman–Crippen LogP) is 3.87. The van der Waals surface area contributed by atoms with Crippen LogP contribution in [0.5, 0.6) is 0 Å². The maximum Gasteiger partial charge on any atom is 0.253 e. The molecule has 2 aromatic carbocycles. The van der Waals surface area contributed by atoms with E-state index in [0.29, 0.717) is 11.1 Å². The van der Waals surface area contributed by atoms with Crippen LogP contribution in [-0.4, -0.2) is 5.24 Å². The lowest BCUT2D eigenvalue weighted by Gasteiger charge is -2.06. The van der Waals surface area contributed by atoms with Gasteiger partial charge in [0.25, 0.3) is 5.24 Å². The molecule has 3 heteroatoms. The standard InChI is InChI=1S/C13H8ClFO/c14-13(16)11-7-6-10(15)8-12(11)9-4-2-1-3-5-9/h1-8H. The molecule has 0 saturated heterocycles. The van der Waals surface area contributed by atoms with Gasteiger partial charge in [-0.3, -0.25) is 4.79 Å². The Labute approximate surface area is 97.5 Å². The number of hydrogen-bond acceptors (Lipinski definition) is 1. The average Bonchev–Trinajstić information content (AvgIpc) is 2.29. The van der Waals surface area contributed by atoms with Crippen molar-refractivity contribution in [3.63, 3.8) is 0 Å². The van der Waals surface area contributed by atoms with Crippen molar-refractivity contribution >= 4 is 16.8 Å². The van der Waals surface area contributed by atoms with Crippen molar-refractivity contribution in [1.82, 2.24) is 0 Å². The molecule has 0 aromatic heterocycles. The maximum absolute atomic E-state index is 13.1. The Hall–Kier alpha value is -1.67. The van der Waals surface area contributed by atoms with E-state index in [2.05, 4.69) is 0 Å². The molecule has 0 aliphatic rings. The van der Waals surface area contributed by atoms with Crippen molar-refractivity contribution in [2.45, 2.75) is 0 Å². The van der Waals surface area contributed by atoms with Crippen LogP contribution in [-0.2, 0) is 0 Å². The summed E-state index contributed by atoms with van der Waals surface area (Å²) in [5.74, 6) is -0.388. The lowest BCUT2D eigenvalue weighted by molar-refractivity contribution is 0.108. The second kappa shape index (κ2) is 4.45. The molecule has 1 nitrogen and oxygen atoms in total. The van der Waals surface area contributed by atoms with Crippen LogP contribution in [0.3, 0.4) is 0 Å². The third-order valence-electron chi connectivity index (χ3n) is 2.28. The molecule has 0 aliphatic carbocycles. The third-order valence-corrected chi connectivity index (χ3v) is 2.48.